The predicted octanol–water partition coefficient (Wildman–Crippen LogP) is 4.08. The fraction of sp³-hybridized carbons (Fsp3) is 0.350. The number of thiocarbonyl (C=S) groups is 1. The van der Waals surface area contributed by atoms with E-state index < -0.39 is 0 Å². The number of hydrogen-bond donors (Lipinski definition) is 1. The van der Waals surface area contributed by atoms with Gasteiger partial charge in [0.2, 0.25) is 0 Å². The largest absolute Gasteiger partial charge is 0.497 e. The van der Waals surface area contributed by atoms with Crippen molar-refractivity contribution in [3.63, 3.8) is 0 Å². The first-order valence-electron chi connectivity index (χ1n) is 8.16. The van der Waals surface area contributed by atoms with Gasteiger partial charge in [0.05, 0.1) is 12.7 Å². The fourth-order valence-electron chi connectivity index (χ4n) is 2.45. The van der Waals surface area contributed by atoms with Gasteiger partial charge < -0.3 is 19.9 Å². The second kappa shape index (κ2) is 8.21. The lowest BCUT2D eigenvalue weighted by atomic mass is 9.86. The van der Waals surface area contributed by atoms with Crippen molar-refractivity contribution in [1.29, 1.82) is 0 Å². The molecule has 2 aromatic rings. The zero-order valence-corrected chi connectivity index (χ0v) is 16.0. The molecule has 0 aliphatic heterocycles. The van der Waals surface area contributed by atoms with E-state index in [0.29, 0.717) is 24.0 Å². The predicted molar refractivity (Wildman–Crippen MR) is 105 cm³/mol. The second-order valence-corrected chi connectivity index (χ2v) is 7.11. The monoisotopic (exact) mass is 359 g/mol. The molecule has 0 unspecified atom stereocenters. The van der Waals surface area contributed by atoms with Crippen LogP contribution in [0.3, 0.4) is 0 Å². The van der Waals surface area contributed by atoms with Crippen LogP contribution < -0.4 is 19.9 Å². The third-order valence-electron chi connectivity index (χ3n) is 3.75. The molecule has 0 aliphatic carbocycles. The first kappa shape index (κ1) is 19.1. The van der Waals surface area contributed by atoms with Gasteiger partial charge in [-0.25, -0.2) is 0 Å². The van der Waals surface area contributed by atoms with Crippen molar-refractivity contribution in [1.82, 2.24) is 0 Å². The van der Waals surface area contributed by atoms with Crippen molar-refractivity contribution in [2.24, 2.45) is 5.73 Å². The molecule has 5 heteroatoms. The Morgan fingerprint density at radius 1 is 1.00 bits per heavy atom. The van der Waals surface area contributed by atoms with Crippen LogP contribution in [0.2, 0.25) is 0 Å². The molecule has 134 valence electrons. The van der Waals surface area contributed by atoms with Crippen molar-refractivity contribution in [3.05, 3.63) is 53.6 Å². The maximum absolute atomic E-state index is 5.94. The lowest BCUT2D eigenvalue weighted by Gasteiger charge is -2.23. The van der Waals surface area contributed by atoms with E-state index in [0.717, 1.165) is 22.6 Å². The highest BCUT2D eigenvalue weighted by Crippen LogP contribution is 2.34. The first-order chi connectivity index (χ1) is 11.8. The van der Waals surface area contributed by atoms with E-state index in [2.05, 4.69) is 20.8 Å². The number of ether oxygens (including phenoxy) is 3. The van der Waals surface area contributed by atoms with Crippen LogP contribution >= 0.6 is 12.2 Å². The summed E-state index contributed by atoms with van der Waals surface area (Å²) < 4.78 is 17.0. The summed E-state index contributed by atoms with van der Waals surface area (Å²) >= 11 is 5.04. The van der Waals surface area contributed by atoms with Crippen LogP contribution in [0.5, 0.6) is 17.2 Å². The van der Waals surface area contributed by atoms with E-state index in [1.165, 1.54) is 0 Å². The van der Waals surface area contributed by atoms with Crippen molar-refractivity contribution in [2.75, 3.05) is 20.3 Å². The summed E-state index contributed by atoms with van der Waals surface area (Å²) in [5, 5.41) is 0. The number of benzene rings is 2. The fourth-order valence-corrected chi connectivity index (χ4v) is 2.62. The van der Waals surface area contributed by atoms with Gasteiger partial charge >= 0.3 is 0 Å². The zero-order valence-electron chi connectivity index (χ0n) is 15.2. The van der Waals surface area contributed by atoms with Crippen molar-refractivity contribution < 1.29 is 14.2 Å². The van der Waals surface area contributed by atoms with Crippen molar-refractivity contribution in [2.45, 2.75) is 26.2 Å². The summed E-state index contributed by atoms with van der Waals surface area (Å²) in [6, 6.07) is 13.3. The molecule has 0 amide bonds. The molecule has 2 N–H and O–H groups in total. The maximum atomic E-state index is 5.94. The van der Waals surface area contributed by atoms with E-state index >= 15 is 0 Å². The minimum atomic E-state index is -0.0525. The molecule has 0 spiro atoms. The van der Waals surface area contributed by atoms with Crippen LogP contribution in [0.25, 0.3) is 0 Å². The Labute approximate surface area is 154 Å². The van der Waals surface area contributed by atoms with E-state index in [-0.39, 0.29) is 5.41 Å². The quantitative estimate of drug-likeness (QED) is 0.596. The highest BCUT2D eigenvalue weighted by molar-refractivity contribution is 7.80. The third kappa shape index (κ3) is 5.10. The number of methoxy groups -OCH3 is 1. The smallest absolute Gasteiger partial charge is 0.129 e. The second-order valence-electron chi connectivity index (χ2n) is 6.67. The van der Waals surface area contributed by atoms with Crippen LogP contribution in [0.4, 0.5) is 0 Å². The Morgan fingerprint density at radius 2 is 1.64 bits per heavy atom. The van der Waals surface area contributed by atoms with Crippen LogP contribution in [0, 0.1) is 0 Å². The molecule has 0 fully saturated rings. The maximum Gasteiger partial charge on any atom is 0.129 e. The number of para-hydroxylation sites is 1. The summed E-state index contributed by atoms with van der Waals surface area (Å²) in [4.78, 5) is 0.321. The standard InChI is InChI=1S/C20H25NO3S/c1-20(2,3)16-13-14(22-4)9-10-18(16)24-12-11-23-17-8-6-5-7-15(17)19(21)25/h5-10,13H,11-12H2,1-4H3,(H2,21,25). The summed E-state index contributed by atoms with van der Waals surface area (Å²) in [6.07, 6.45) is 0. The SMILES string of the molecule is COc1ccc(OCCOc2ccccc2C(N)=S)c(C(C)(C)C)c1. The van der Waals surface area contributed by atoms with Crippen molar-refractivity contribution in [3.8, 4) is 17.2 Å². The van der Waals surface area contributed by atoms with Gasteiger partial charge in [0.1, 0.15) is 35.5 Å². The molecule has 0 bridgehead atoms. The molecule has 25 heavy (non-hydrogen) atoms. The Morgan fingerprint density at radius 3 is 2.24 bits per heavy atom. The van der Waals surface area contributed by atoms with Gasteiger partial charge in [-0.2, -0.15) is 0 Å². The summed E-state index contributed by atoms with van der Waals surface area (Å²) in [7, 11) is 1.66. The Balaban J connectivity index is 2.02. The average molecular weight is 359 g/mol. The molecule has 0 saturated carbocycles. The van der Waals surface area contributed by atoms with Crippen LogP contribution in [-0.4, -0.2) is 25.3 Å². The van der Waals surface area contributed by atoms with Crippen molar-refractivity contribution >= 4 is 17.2 Å². The molecule has 0 aromatic heterocycles. The lowest BCUT2D eigenvalue weighted by molar-refractivity contribution is 0.214. The van der Waals surface area contributed by atoms with Gasteiger partial charge in [-0.3, -0.25) is 0 Å². The summed E-state index contributed by atoms with van der Waals surface area (Å²) in [6.45, 7) is 7.24. The first-order valence-corrected chi connectivity index (χ1v) is 8.56. The van der Waals surface area contributed by atoms with Gasteiger partial charge in [-0.1, -0.05) is 45.1 Å². The average Bonchev–Trinajstić information content (AvgIpc) is 2.58. The third-order valence-corrected chi connectivity index (χ3v) is 3.97. The topological polar surface area (TPSA) is 53.7 Å². The van der Waals surface area contributed by atoms with Crippen LogP contribution in [-0.2, 0) is 5.41 Å². The lowest BCUT2D eigenvalue weighted by Crippen LogP contribution is -2.17. The minimum absolute atomic E-state index is 0.0525. The summed E-state index contributed by atoms with van der Waals surface area (Å²) in [5.41, 5.74) is 7.49. The van der Waals surface area contributed by atoms with Crippen LogP contribution in [0.15, 0.2) is 42.5 Å². The normalized spacial score (nSPS) is 11.0. The van der Waals surface area contributed by atoms with Crippen LogP contribution in [0.1, 0.15) is 31.9 Å². The molecule has 4 nitrogen and oxygen atoms in total. The van der Waals surface area contributed by atoms with E-state index in [1.54, 1.807) is 7.11 Å². The highest BCUT2D eigenvalue weighted by Gasteiger charge is 2.20. The zero-order chi connectivity index (χ0) is 18.4. The molecule has 0 aliphatic rings. The number of hydrogen-bond acceptors (Lipinski definition) is 4. The molecule has 0 heterocycles. The minimum Gasteiger partial charge on any atom is -0.497 e. The van der Waals surface area contributed by atoms with E-state index in [9.17, 15) is 0 Å². The van der Waals surface area contributed by atoms with Gasteiger partial charge in [-0.15, -0.1) is 0 Å². The molecular formula is C20H25NO3S. The van der Waals surface area contributed by atoms with E-state index in [4.69, 9.17) is 32.2 Å². The summed E-state index contributed by atoms with van der Waals surface area (Å²) in [5.74, 6) is 2.32. The van der Waals surface area contributed by atoms with Gasteiger partial charge in [0.25, 0.3) is 0 Å². The molecule has 2 aromatic carbocycles. The highest BCUT2D eigenvalue weighted by atomic mass is 32.1. The molecule has 2 rings (SSSR count). The van der Waals surface area contributed by atoms with Gasteiger partial charge in [0, 0.05) is 5.56 Å². The van der Waals surface area contributed by atoms with E-state index in [1.807, 2.05) is 42.5 Å². The van der Waals surface area contributed by atoms with Gasteiger partial charge in [0.15, 0.2) is 0 Å². The Bertz CT molecular complexity index is 738. The number of nitrogens with two attached hydrogens (primary N) is 1. The Hall–Kier alpha value is -2.27. The Kier molecular flexibility index (Phi) is 6.26. The molecule has 0 saturated heterocycles. The number of rotatable bonds is 7. The van der Waals surface area contributed by atoms with Gasteiger partial charge in [-0.05, 0) is 35.7 Å². The molecule has 0 atom stereocenters. The molecular weight excluding hydrogens is 334 g/mol. The molecule has 0 radical (unpaired) electrons.